The van der Waals surface area contributed by atoms with Crippen LogP contribution < -0.4 is 5.32 Å². The lowest BCUT2D eigenvalue weighted by molar-refractivity contribution is -0.119. The zero-order chi connectivity index (χ0) is 18.2. The third kappa shape index (κ3) is 3.45. The number of amides is 1. The largest absolute Gasteiger partial charge is 0.360 e. The molecule has 8 heteroatoms. The summed E-state index contributed by atoms with van der Waals surface area (Å²) >= 11 is 0. The van der Waals surface area contributed by atoms with Crippen molar-refractivity contribution in [2.75, 3.05) is 11.9 Å². The van der Waals surface area contributed by atoms with Gasteiger partial charge in [-0.05, 0) is 45.2 Å². The number of hydrogen-bond acceptors (Lipinski definition) is 5. The van der Waals surface area contributed by atoms with Gasteiger partial charge in [0.1, 0.15) is 11.8 Å². The number of aromatic nitrogens is 1. The van der Waals surface area contributed by atoms with Crippen molar-refractivity contribution in [2.24, 2.45) is 0 Å². The van der Waals surface area contributed by atoms with E-state index < -0.39 is 16.1 Å². The highest BCUT2D eigenvalue weighted by atomic mass is 32.2. The van der Waals surface area contributed by atoms with Crippen LogP contribution in [-0.2, 0) is 14.8 Å². The van der Waals surface area contributed by atoms with Crippen molar-refractivity contribution >= 4 is 21.7 Å². The Balaban J connectivity index is 1.86. The summed E-state index contributed by atoms with van der Waals surface area (Å²) in [6.07, 6.45) is 1.12. The normalized spacial score (nSPS) is 18.4. The van der Waals surface area contributed by atoms with Gasteiger partial charge in [0.05, 0.1) is 4.90 Å². The smallest absolute Gasteiger partial charge is 0.244 e. The van der Waals surface area contributed by atoms with Gasteiger partial charge in [-0.15, -0.1) is 0 Å². The molecule has 3 rings (SSSR count). The Morgan fingerprint density at radius 2 is 2.04 bits per heavy atom. The molecule has 134 valence electrons. The number of hydrogen-bond donors (Lipinski definition) is 1. The third-order valence-electron chi connectivity index (χ3n) is 4.30. The van der Waals surface area contributed by atoms with Crippen LogP contribution >= 0.6 is 0 Å². The van der Waals surface area contributed by atoms with Crippen LogP contribution in [0.3, 0.4) is 0 Å². The number of anilines is 1. The Hall–Kier alpha value is -2.19. The number of nitrogens with zero attached hydrogens (tertiary/aromatic N) is 2. The second-order valence-corrected chi connectivity index (χ2v) is 8.21. The Labute approximate surface area is 147 Å². The molecule has 0 saturated carbocycles. The Morgan fingerprint density at radius 3 is 2.68 bits per heavy atom. The molecule has 2 heterocycles. The minimum Gasteiger partial charge on any atom is -0.360 e. The second-order valence-electron chi connectivity index (χ2n) is 6.35. The summed E-state index contributed by atoms with van der Waals surface area (Å²) in [6, 6.07) is 6.05. The maximum absolute atomic E-state index is 13.0. The van der Waals surface area contributed by atoms with Crippen molar-refractivity contribution in [3.05, 3.63) is 41.2 Å². The van der Waals surface area contributed by atoms with E-state index in [4.69, 9.17) is 4.52 Å². The zero-order valence-corrected chi connectivity index (χ0v) is 15.3. The molecule has 1 aromatic carbocycles. The van der Waals surface area contributed by atoms with Crippen LogP contribution in [-0.4, -0.2) is 36.4 Å². The molecule has 1 amide bonds. The number of aryl methyl sites for hydroxylation is 3. The van der Waals surface area contributed by atoms with Crippen molar-refractivity contribution in [1.29, 1.82) is 0 Å². The minimum atomic E-state index is -3.74. The molecular weight excluding hydrogens is 342 g/mol. The molecule has 7 nitrogen and oxygen atoms in total. The predicted octanol–water partition coefficient (Wildman–Crippen LogP) is 2.39. The lowest BCUT2D eigenvalue weighted by atomic mass is 10.2. The van der Waals surface area contributed by atoms with Crippen molar-refractivity contribution < 1.29 is 17.7 Å². The lowest BCUT2D eigenvalue weighted by Gasteiger charge is -2.24. The molecular formula is C17H21N3O4S. The molecule has 25 heavy (non-hydrogen) atoms. The summed E-state index contributed by atoms with van der Waals surface area (Å²) in [6.45, 7) is 5.72. The topological polar surface area (TPSA) is 92.5 Å². The monoisotopic (exact) mass is 363 g/mol. The number of rotatable bonds is 4. The average Bonchev–Trinajstić information content (AvgIpc) is 3.16. The Morgan fingerprint density at radius 1 is 1.28 bits per heavy atom. The fourth-order valence-corrected chi connectivity index (χ4v) is 5.00. The maximum atomic E-state index is 13.0. The fourth-order valence-electron chi connectivity index (χ4n) is 3.14. The van der Waals surface area contributed by atoms with Crippen molar-refractivity contribution in [3.63, 3.8) is 0 Å². The van der Waals surface area contributed by atoms with Crippen LogP contribution in [0.5, 0.6) is 0 Å². The maximum Gasteiger partial charge on any atom is 0.244 e. The first-order chi connectivity index (χ1) is 11.8. The van der Waals surface area contributed by atoms with E-state index in [-0.39, 0.29) is 10.8 Å². The Bertz CT molecular complexity index is 904. The SMILES string of the molecule is Cc1ccc(S(=O)(=O)N2CCC[C@H]2C(=O)Nc2cc(C)on2)c(C)c1. The van der Waals surface area contributed by atoms with Gasteiger partial charge in [0, 0.05) is 12.6 Å². The summed E-state index contributed by atoms with van der Waals surface area (Å²) in [5.74, 6) is 0.471. The fraction of sp³-hybridized carbons (Fsp3) is 0.412. The molecule has 0 radical (unpaired) electrons. The molecule has 1 N–H and O–H groups in total. The molecule has 0 bridgehead atoms. The lowest BCUT2D eigenvalue weighted by Crippen LogP contribution is -2.43. The first-order valence-corrected chi connectivity index (χ1v) is 9.56. The van der Waals surface area contributed by atoms with Crippen LogP contribution in [0.4, 0.5) is 5.82 Å². The van der Waals surface area contributed by atoms with Crippen LogP contribution in [0.1, 0.15) is 29.7 Å². The number of nitrogens with one attached hydrogen (secondary N) is 1. The van der Waals surface area contributed by atoms with Crippen molar-refractivity contribution in [1.82, 2.24) is 9.46 Å². The number of carbonyl (C=O) groups is 1. The predicted molar refractivity (Wildman–Crippen MR) is 92.7 cm³/mol. The quantitative estimate of drug-likeness (QED) is 0.900. The van der Waals surface area contributed by atoms with E-state index >= 15 is 0 Å². The molecule has 0 aliphatic carbocycles. The molecule has 0 unspecified atom stereocenters. The standard InChI is InChI=1S/C17H21N3O4S/c1-11-6-7-15(12(2)9-11)25(22,23)20-8-4-5-14(20)17(21)18-16-10-13(3)24-19-16/h6-7,9-10,14H,4-5,8H2,1-3H3,(H,18,19,21)/t14-/m0/s1. The summed E-state index contributed by atoms with van der Waals surface area (Å²) in [4.78, 5) is 12.8. The molecule has 1 saturated heterocycles. The van der Waals surface area contributed by atoms with E-state index in [1.807, 2.05) is 13.0 Å². The molecule has 2 aromatic rings. The van der Waals surface area contributed by atoms with Gasteiger partial charge in [-0.3, -0.25) is 4.79 Å². The summed E-state index contributed by atoms with van der Waals surface area (Å²) in [5, 5.41) is 6.35. The van der Waals surface area contributed by atoms with Gasteiger partial charge < -0.3 is 9.84 Å². The van der Waals surface area contributed by atoms with Gasteiger partial charge in [0.25, 0.3) is 0 Å². The molecule has 1 aliphatic rings. The highest BCUT2D eigenvalue weighted by Gasteiger charge is 2.40. The molecule has 1 aromatic heterocycles. The molecule has 1 aliphatic heterocycles. The highest BCUT2D eigenvalue weighted by molar-refractivity contribution is 7.89. The van der Waals surface area contributed by atoms with Gasteiger partial charge >= 0.3 is 0 Å². The van der Waals surface area contributed by atoms with Crippen LogP contribution in [0.2, 0.25) is 0 Å². The van der Waals surface area contributed by atoms with Crippen molar-refractivity contribution in [2.45, 2.75) is 44.6 Å². The van der Waals surface area contributed by atoms with Crippen LogP contribution in [0, 0.1) is 20.8 Å². The number of sulfonamides is 1. The van der Waals surface area contributed by atoms with Crippen LogP contribution in [0.15, 0.2) is 33.7 Å². The Kier molecular flexibility index (Phi) is 4.66. The van der Waals surface area contributed by atoms with E-state index in [1.54, 1.807) is 32.0 Å². The van der Waals surface area contributed by atoms with Crippen LogP contribution in [0.25, 0.3) is 0 Å². The van der Waals surface area contributed by atoms with E-state index in [1.165, 1.54) is 4.31 Å². The van der Waals surface area contributed by atoms with Gasteiger partial charge in [-0.25, -0.2) is 8.42 Å². The van der Waals surface area contributed by atoms with E-state index in [2.05, 4.69) is 10.5 Å². The third-order valence-corrected chi connectivity index (χ3v) is 6.37. The zero-order valence-electron chi connectivity index (χ0n) is 14.4. The first-order valence-electron chi connectivity index (χ1n) is 8.12. The van der Waals surface area contributed by atoms with Crippen molar-refractivity contribution in [3.8, 4) is 0 Å². The molecule has 0 spiro atoms. The van der Waals surface area contributed by atoms with E-state index in [9.17, 15) is 13.2 Å². The molecule has 1 atom stereocenters. The summed E-state index contributed by atoms with van der Waals surface area (Å²) < 4.78 is 32.3. The van der Waals surface area contributed by atoms with E-state index in [0.29, 0.717) is 36.5 Å². The number of carbonyl (C=O) groups excluding carboxylic acids is 1. The van der Waals surface area contributed by atoms with Gasteiger partial charge in [-0.2, -0.15) is 4.31 Å². The van der Waals surface area contributed by atoms with Gasteiger partial charge in [-0.1, -0.05) is 22.9 Å². The van der Waals surface area contributed by atoms with Gasteiger partial charge in [0.15, 0.2) is 5.82 Å². The minimum absolute atomic E-state index is 0.245. The number of benzene rings is 1. The molecule has 1 fully saturated rings. The summed E-state index contributed by atoms with van der Waals surface area (Å²) in [5.41, 5.74) is 1.67. The average molecular weight is 363 g/mol. The van der Waals surface area contributed by atoms with Gasteiger partial charge in [0.2, 0.25) is 15.9 Å². The van der Waals surface area contributed by atoms with E-state index in [0.717, 1.165) is 5.56 Å². The highest BCUT2D eigenvalue weighted by Crippen LogP contribution is 2.29. The first kappa shape index (κ1) is 17.6. The summed E-state index contributed by atoms with van der Waals surface area (Å²) in [7, 11) is -3.74. The second kappa shape index (κ2) is 6.61.